The molecule has 0 aromatic carbocycles. The smallest absolute Gasteiger partial charge is 0.0241 e. The van der Waals surface area contributed by atoms with Crippen LogP contribution in [0.4, 0.5) is 0 Å². The molecule has 0 aromatic heterocycles. The van der Waals surface area contributed by atoms with Gasteiger partial charge in [-0.2, -0.15) is 0 Å². The van der Waals surface area contributed by atoms with Gasteiger partial charge in [-0.25, -0.2) is 0 Å². The Kier molecular flexibility index (Phi) is 1.59. The predicted molar refractivity (Wildman–Crippen MR) is 36.5 cm³/mol. The molecule has 0 bridgehead atoms. The molecule has 0 nitrogen and oxygen atoms in total. The van der Waals surface area contributed by atoms with Crippen LogP contribution in [0.15, 0.2) is 0 Å². The fourth-order valence-corrected chi connectivity index (χ4v) is 1.64. The first-order chi connectivity index (χ1) is 3.70. The second kappa shape index (κ2) is 2.08. The van der Waals surface area contributed by atoms with Crippen molar-refractivity contribution in [1.29, 1.82) is 0 Å². The van der Waals surface area contributed by atoms with Gasteiger partial charge in [0.05, 0.1) is 0 Å². The van der Waals surface area contributed by atoms with Crippen LogP contribution < -0.4 is 0 Å². The van der Waals surface area contributed by atoms with Gasteiger partial charge in [-0.3, -0.25) is 0 Å². The second-order valence-electron chi connectivity index (χ2n) is 3.29. The van der Waals surface area contributed by atoms with Crippen molar-refractivity contribution < 1.29 is 0 Å². The Bertz CT molecular complexity index is 66.1. The van der Waals surface area contributed by atoms with Gasteiger partial charge in [0.1, 0.15) is 0 Å². The Balaban J connectivity index is 2.39. The molecule has 1 radical (unpaired) electrons. The van der Waals surface area contributed by atoms with Gasteiger partial charge in [-0.1, -0.05) is 20.8 Å². The van der Waals surface area contributed by atoms with Crippen molar-refractivity contribution in [1.82, 2.24) is 0 Å². The van der Waals surface area contributed by atoms with Crippen LogP contribution in [0.25, 0.3) is 0 Å². The first kappa shape index (κ1) is 6.12. The summed E-state index contributed by atoms with van der Waals surface area (Å²) >= 11 is 0. The van der Waals surface area contributed by atoms with E-state index in [1.807, 2.05) is 0 Å². The van der Waals surface area contributed by atoms with E-state index in [9.17, 15) is 0 Å². The van der Waals surface area contributed by atoms with Crippen molar-refractivity contribution in [3.05, 3.63) is 5.92 Å². The second-order valence-corrected chi connectivity index (χ2v) is 3.29. The van der Waals surface area contributed by atoms with Crippen molar-refractivity contribution in [2.45, 2.75) is 33.6 Å². The Morgan fingerprint density at radius 3 is 2.12 bits per heavy atom. The van der Waals surface area contributed by atoms with Crippen molar-refractivity contribution in [2.75, 3.05) is 0 Å². The molecule has 0 amide bonds. The molecule has 1 fully saturated rings. The summed E-state index contributed by atoms with van der Waals surface area (Å²) in [6.45, 7) is 6.96. The summed E-state index contributed by atoms with van der Waals surface area (Å²) in [4.78, 5) is 0. The van der Waals surface area contributed by atoms with E-state index in [4.69, 9.17) is 0 Å². The van der Waals surface area contributed by atoms with E-state index in [-0.39, 0.29) is 0 Å². The normalized spacial score (nSPS) is 40.9. The maximum atomic E-state index is 2.34. The molecule has 1 saturated carbocycles. The molecule has 8 heavy (non-hydrogen) atoms. The lowest BCUT2D eigenvalue weighted by molar-refractivity contribution is 0.560. The molecule has 0 N–H and O–H groups in total. The highest BCUT2D eigenvalue weighted by atomic mass is 14.3. The molecule has 2 atom stereocenters. The molecule has 1 aliphatic rings. The third kappa shape index (κ3) is 1.04. The summed E-state index contributed by atoms with van der Waals surface area (Å²) < 4.78 is 0. The fraction of sp³-hybridized carbons (Fsp3) is 0.875. The van der Waals surface area contributed by atoms with E-state index in [2.05, 4.69) is 20.8 Å². The van der Waals surface area contributed by atoms with E-state index in [1.54, 1.807) is 5.92 Å². The number of rotatable bonds is 0. The number of hydrogen-bond donors (Lipinski definition) is 0. The molecule has 0 saturated heterocycles. The van der Waals surface area contributed by atoms with E-state index >= 15 is 0 Å². The van der Waals surface area contributed by atoms with Crippen molar-refractivity contribution >= 4 is 0 Å². The minimum Gasteiger partial charge on any atom is -0.0625 e. The van der Waals surface area contributed by atoms with Gasteiger partial charge in [-0.05, 0) is 30.6 Å². The SMILES string of the molecule is C[C]1CC(C)CC1C. The Labute approximate surface area is 52.3 Å². The molecular formula is C8H15. The van der Waals surface area contributed by atoms with E-state index in [0.29, 0.717) is 0 Å². The lowest BCUT2D eigenvalue weighted by Gasteiger charge is -2.04. The van der Waals surface area contributed by atoms with E-state index in [0.717, 1.165) is 11.8 Å². The highest BCUT2D eigenvalue weighted by Gasteiger charge is 2.24. The summed E-state index contributed by atoms with van der Waals surface area (Å²) in [6.07, 6.45) is 2.80. The Morgan fingerprint density at radius 1 is 1.38 bits per heavy atom. The van der Waals surface area contributed by atoms with Gasteiger partial charge in [-0.15, -0.1) is 0 Å². The van der Waals surface area contributed by atoms with Crippen LogP contribution in [0.3, 0.4) is 0 Å². The van der Waals surface area contributed by atoms with E-state index in [1.165, 1.54) is 12.8 Å². The zero-order chi connectivity index (χ0) is 6.15. The topological polar surface area (TPSA) is 0 Å². The molecule has 0 aromatic rings. The van der Waals surface area contributed by atoms with Crippen LogP contribution in [0.5, 0.6) is 0 Å². The van der Waals surface area contributed by atoms with Gasteiger partial charge in [0.15, 0.2) is 0 Å². The average Bonchev–Trinajstić information content (AvgIpc) is 1.85. The summed E-state index contributed by atoms with van der Waals surface area (Å²) in [5.74, 6) is 3.58. The largest absolute Gasteiger partial charge is 0.0625 e. The lowest BCUT2D eigenvalue weighted by Crippen LogP contribution is -1.93. The molecule has 47 valence electrons. The van der Waals surface area contributed by atoms with Crippen LogP contribution in [0, 0.1) is 17.8 Å². The standard InChI is InChI=1S/C8H15/c1-6-4-7(2)8(3)5-6/h6-7H,4-5H2,1-3H3. The monoisotopic (exact) mass is 111 g/mol. The van der Waals surface area contributed by atoms with Crippen LogP contribution >= 0.6 is 0 Å². The van der Waals surface area contributed by atoms with Gasteiger partial charge >= 0.3 is 0 Å². The molecular weight excluding hydrogens is 96.1 g/mol. The van der Waals surface area contributed by atoms with Crippen LogP contribution in [-0.2, 0) is 0 Å². The first-order valence-corrected chi connectivity index (χ1v) is 3.52. The zero-order valence-electron chi connectivity index (χ0n) is 6.07. The quantitative estimate of drug-likeness (QED) is 0.451. The molecule has 0 heterocycles. The van der Waals surface area contributed by atoms with Crippen molar-refractivity contribution in [2.24, 2.45) is 11.8 Å². The highest BCUT2D eigenvalue weighted by Crippen LogP contribution is 2.36. The number of hydrogen-bond acceptors (Lipinski definition) is 0. The van der Waals surface area contributed by atoms with Gasteiger partial charge in [0.2, 0.25) is 0 Å². The Hall–Kier alpha value is 0. The molecule has 0 spiro atoms. The minimum absolute atomic E-state index is 0.907. The summed E-state index contributed by atoms with van der Waals surface area (Å²) in [7, 11) is 0. The van der Waals surface area contributed by atoms with E-state index < -0.39 is 0 Å². The third-order valence-electron chi connectivity index (χ3n) is 2.27. The maximum absolute atomic E-state index is 2.34. The van der Waals surface area contributed by atoms with Crippen molar-refractivity contribution in [3.63, 3.8) is 0 Å². The highest BCUT2D eigenvalue weighted by molar-refractivity contribution is 4.97. The third-order valence-corrected chi connectivity index (χ3v) is 2.27. The van der Waals surface area contributed by atoms with Gasteiger partial charge in [0.25, 0.3) is 0 Å². The van der Waals surface area contributed by atoms with Crippen LogP contribution in [0.1, 0.15) is 33.6 Å². The predicted octanol–water partition coefficient (Wildman–Crippen LogP) is 2.65. The van der Waals surface area contributed by atoms with Gasteiger partial charge in [0, 0.05) is 0 Å². The molecule has 0 aliphatic heterocycles. The minimum atomic E-state index is 0.907. The Morgan fingerprint density at radius 2 is 2.00 bits per heavy atom. The van der Waals surface area contributed by atoms with Crippen LogP contribution in [0.2, 0.25) is 0 Å². The van der Waals surface area contributed by atoms with Crippen LogP contribution in [-0.4, -0.2) is 0 Å². The summed E-state index contributed by atoms with van der Waals surface area (Å²) in [5, 5.41) is 0. The molecule has 0 heteroatoms. The molecule has 1 aliphatic carbocycles. The van der Waals surface area contributed by atoms with Crippen molar-refractivity contribution in [3.8, 4) is 0 Å². The molecule has 2 unspecified atom stereocenters. The summed E-state index contributed by atoms with van der Waals surface area (Å²) in [5.41, 5.74) is 0. The average molecular weight is 111 g/mol. The van der Waals surface area contributed by atoms with Gasteiger partial charge < -0.3 is 0 Å². The fourth-order valence-electron chi connectivity index (χ4n) is 1.64. The maximum Gasteiger partial charge on any atom is -0.0241 e. The lowest BCUT2D eigenvalue weighted by atomic mass is 10.0. The zero-order valence-corrected chi connectivity index (χ0v) is 6.07. The molecule has 1 rings (SSSR count). The first-order valence-electron chi connectivity index (χ1n) is 3.52. The summed E-state index contributed by atoms with van der Waals surface area (Å²) in [6, 6.07) is 0.